The van der Waals surface area contributed by atoms with Crippen LogP contribution >= 0.6 is 0 Å². The predicted molar refractivity (Wildman–Crippen MR) is 205 cm³/mol. The molecule has 5 aromatic rings. The molecule has 0 saturated carbocycles. The number of rotatable bonds is 11. The number of nitrogens with two attached hydrogens (primary N) is 1. The fraction of sp³-hybridized carbons (Fsp3) is 0.273. The Labute approximate surface area is 303 Å². The lowest BCUT2D eigenvalue weighted by molar-refractivity contribution is 0.0444. The SMILES string of the molecule is CCc1ccc(-c2cc3c4c(c(-c5ccc(CC)cc5)cc5c4c2C(=O)N(c2ccc(CCN)cc2)C5=O)C(=O)N(C(CO)CC(C)C)C3=O)cc1. The standard InChI is InChI=1S/C44H43N3O5/c1-5-26-7-13-29(14-8-26)33-23-36-38-37-35(41(49)46(43(51)39(33)37)31-17-11-28(12-18-31)19-20-45)22-34(30-15-9-27(6-2)10-16-30)40(38)44(52)47(42(36)50)32(24-48)21-25(3)4/h7-18,22-23,25,32,48H,5-6,19-21,24,45H2,1-4H3. The molecule has 5 aromatic carbocycles. The number of carbonyl (C=O) groups excluding carboxylic acids is 4. The third kappa shape index (κ3) is 5.72. The van der Waals surface area contributed by atoms with Crippen LogP contribution in [-0.4, -0.2) is 52.8 Å². The number of aryl methyl sites for hydroxylation is 2. The van der Waals surface area contributed by atoms with Gasteiger partial charge in [-0.15, -0.1) is 0 Å². The van der Waals surface area contributed by atoms with E-state index in [1.165, 1.54) is 9.80 Å². The minimum absolute atomic E-state index is 0.0915. The second kappa shape index (κ2) is 13.9. The number of anilines is 1. The van der Waals surface area contributed by atoms with Crippen LogP contribution in [0.2, 0.25) is 0 Å². The molecule has 0 spiro atoms. The molecule has 0 aromatic heterocycles. The van der Waals surface area contributed by atoms with Crippen LogP contribution < -0.4 is 10.6 Å². The average Bonchev–Trinajstić information content (AvgIpc) is 3.16. The first-order chi connectivity index (χ1) is 25.1. The molecule has 1 unspecified atom stereocenters. The Balaban J connectivity index is 1.58. The van der Waals surface area contributed by atoms with Crippen molar-refractivity contribution in [3.63, 3.8) is 0 Å². The number of carbonyl (C=O) groups is 4. The highest BCUT2D eigenvalue weighted by Crippen LogP contribution is 2.47. The van der Waals surface area contributed by atoms with Crippen molar-refractivity contribution < 1.29 is 24.3 Å². The number of amides is 4. The van der Waals surface area contributed by atoms with E-state index in [1.807, 2.05) is 74.5 Å². The van der Waals surface area contributed by atoms with Gasteiger partial charge in [0.2, 0.25) is 0 Å². The summed E-state index contributed by atoms with van der Waals surface area (Å²) in [6, 6.07) is 25.5. The fourth-order valence-electron chi connectivity index (χ4n) is 7.73. The van der Waals surface area contributed by atoms with E-state index in [-0.39, 0.29) is 28.2 Å². The average molecular weight is 694 g/mol. The highest BCUT2D eigenvalue weighted by atomic mass is 16.3. The van der Waals surface area contributed by atoms with Crippen molar-refractivity contribution in [2.75, 3.05) is 18.1 Å². The van der Waals surface area contributed by atoms with E-state index in [0.29, 0.717) is 58.1 Å². The maximum absolute atomic E-state index is 14.9. The van der Waals surface area contributed by atoms with Crippen molar-refractivity contribution >= 4 is 40.1 Å². The number of aliphatic hydroxyl groups excluding tert-OH is 1. The van der Waals surface area contributed by atoms with Crippen molar-refractivity contribution in [3.05, 3.63) is 124 Å². The van der Waals surface area contributed by atoms with Crippen molar-refractivity contribution in [3.8, 4) is 22.3 Å². The van der Waals surface area contributed by atoms with Gasteiger partial charge in [-0.25, -0.2) is 4.90 Å². The second-order valence-electron chi connectivity index (χ2n) is 14.1. The zero-order valence-corrected chi connectivity index (χ0v) is 30.0. The van der Waals surface area contributed by atoms with Gasteiger partial charge in [0, 0.05) is 21.9 Å². The Kier molecular flexibility index (Phi) is 9.38. The molecular formula is C44H43N3O5. The molecule has 0 aliphatic carbocycles. The molecule has 52 heavy (non-hydrogen) atoms. The molecule has 1 atom stereocenters. The van der Waals surface area contributed by atoms with Gasteiger partial charge < -0.3 is 10.8 Å². The van der Waals surface area contributed by atoms with Gasteiger partial charge >= 0.3 is 0 Å². The van der Waals surface area contributed by atoms with Crippen LogP contribution in [0, 0.1) is 5.92 Å². The topological polar surface area (TPSA) is 121 Å². The van der Waals surface area contributed by atoms with Crippen LogP contribution in [0.25, 0.3) is 33.0 Å². The summed E-state index contributed by atoms with van der Waals surface area (Å²) in [7, 11) is 0. The largest absolute Gasteiger partial charge is 0.394 e. The highest BCUT2D eigenvalue weighted by molar-refractivity contribution is 6.41. The lowest BCUT2D eigenvalue weighted by Gasteiger charge is -2.37. The summed E-state index contributed by atoms with van der Waals surface area (Å²) in [5, 5.41) is 11.2. The first-order valence-electron chi connectivity index (χ1n) is 18.1. The Morgan fingerprint density at radius 3 is 1.56 bits per heavy atom. The monoisotopic (exact) mass is 693 g/mol. The number of hydrogen-bond acceptors (Lipinski definition) is 6. The van der Waals surface area contributed by atoms with E-state index in [2.05, 4.69) is 13.8 Å². The minimum atomic E-state index is -0.765. The van der Waals surface area contributed by atoms with Crippen LogP contribution in [-0.2, 0) is 19.3 Å². The fourth-order valence-corrected chi connectivity index (χ4v) is 7.73. The highest BCUT2D eigenvalue weighted by Gasteiger charge is 2.45. The minimum Gasteiger partial charge on any atom is -0.394 e. The molecule has 3 N–H and O–H groups in total. The first kappa shape index (κ1) is 35.0. The molecule has 8 heteroatoms. The molecule has 8 nitrogen and oxygen atoms in total. The van der Waals surface area contributed by atoms with Crippen LogP contribution in [0.15, 0.2) is 84.9 Å². The van der Waals surface area contributed by atoms with E-state index >= 15 is 0 Å². The molecular weight excluding hydrogens is 651 g/mol. The van der Waals surface area contributed by atoms with Gasteiger partial charge in [-0.1, -0.05) is 88.4 Å². The first-order valence-corrected chi connectivity index (χ1v) is 18.1. The van der Waals surface area contributed by atoms with Gasteiger partial charge in [0.05, 0.1) is 29.5 Å². The van der Waals surface area contributed by atoms with Gasteiger partial charge in [-0.2, -0.15) is 0 Å². The lowest BCUT2D eigenvalue weighted by atomic mass is 9.78. The normalized spacial score (nSPS) is 14.6. The zero-order chi connectivity index (χ0) is 36.8. The van der Waals surface area contributed by atoms with E-state index in [9.17, 15) is 24.3 Å². The molecule has 2 heterocycles. The number of aliphatic hydroxyl groups is 1. The predicted octanol–water partition coefficient (Wildman–Crippen LogP) is 7.60. The molecule has 0 saturated heterocycles. The van der Waals surface area contributed by atoms with E-state index in [1.54, 1.807) is 24.3 Å². The van der Waals surface area contributed by atoms with Crippen molar-refractivity contribution in [1.29, 1.82) is 0 Å². The number of imide groups is 2. The molecule has 2 aliphatic rings. The molecule has 264 valence electrons. The van der Waals surface area contributed by atoms with E-state index < -0.39 is 36.3 Å². The van der Waals surface area contributed by atoms with Crippen molar-refractivity contribution in [2.45, 2.75) is 59.4 Å². The van der Waals surface area contributed by atoms with Crippen molar-refractivity contribution in [1.82, 2.24) is 4.90 Å². The van der Waals surface area contributed by atoms with Gasteiger partial charge in [-0.3, -0.25) is 24.1 Å². The maximum atomic E-state index is 14.9. The quantitative estimate of drug-likeness (QED) is 0.138. The molecule has 0 bridgehead atoms. The summed E-state index contributed by atoms with van der Waals surface area (Å²) in [4.78, 5) is 61.5. The maximum Gasteiger partial charge on any atom is 0.266 e. The summed E-state index contributed by atoms with van der Waals surface area (Å²) in [5.74, 6) is -2.10. The Morgan fingerprint density at radius 1 is 0.615 bits per heavy atom. The summed E-state index contributed by atoms with van der Waals surface area (Å²) < 4.78 is 0. The second-order valence-corrected chi connectivity index (χ2v) is 14.1. The number of benzene rings is 5. The van der Waals surface area contributed by atoms with E-state index in [0.717, 1.165) is 29.5 Å². The molecule has 0 fully saturated rings. The smallest absolute Gasteiger partial charge is 0.266 e. The Hall–Kier alpha value is -5.44. The third-order valence-electron chi connectivity index (χ3n) is 10.4. The Bertz CT molecular complexity index is 2240. The zero-order valence-electron chi connectivity index (χ0n) is 30.0. The summed E-state index contributed by atoms with van der Waals surface area (Å²) in [6.45, 7) is 8.15. The molecule has 0 radical (unpaired) electrons. The van der Waals surface area contributed by atoms with Gasteiger partial charge in [0.15, 0.2) is 0 Å². The molecule has 2 aliphatic heterocycles. The lowest BCUT2D eigenvalue weighted by Crippen LogP contribution is -2.50. The van der Waals surface area contributed by atoms with E-state index in [4.69, 9.17) is 5.73 Å². The summed E-state index contributed by atoms with van der Waals surface area (Å²) in [5.41, 5.74) is 12.7. The van der Waals surface area contributed by atoms with Gasteiger partial charge in [0.1, 0.15) is 0 Å². The van der Waals surface area contributed by atoms with Gasteiger partial charge in [-0.05, 0) is 101 Å². The van der Waals surface area contributed by atoms with Crippen molar-refractivity contribution in [2.24, 2.45) is 11.7 Å². The number of hydrogen-bond donors (Lipinski definition) is 2. The summed E-state index contributed by atoms with van der Waals surface area (Å²) >= 11 is 0. The molecule has 4 amide bonds. The van der Waals surface area contributed by atoms with Crippen LogP contribution in [0.4, 0.5) is 5.69 Å². The molecule has 7 rings (SSSR count). The van der Waals surface area contributed by atoms with Crippen LogP contribution in [0.3, 0.4) is 0 Å². The third-order valence-corrected chi connectivity index (χ3v) is 10.4. The number of nitrogens with zero attached hydrogens (tertiary/aromatic N) is 2. The Morgan fingerprint density at radius 2 is 1.10 bits per heavy atom. The van der Waals surface area contributed by atoms with Crippen LogP contribution in [0.1, 0.15) is 92.2 Å². The summed E-state index contributed by atoms with van der Waals surface area (Å²) in [6.07, 6.45) is 2.70. The van der Waals surface area contributed by atoms with Gasteiger partial charge in [0.25, 0.3) is 23.6 Å². The van der Waals surface area contributed by atoms with Crippen LogP contribution in [0.5, 0.6) is 0 Å².